The zero-order chi connectivity index (χ0) is 18.4. The summed E-state index contributed by atoms with van der Waals surface area (Å²) in [7, 11) is 0. The van der Waals surface area contributed by atoms with E-state index in [2.05, 4.69) is 15.6 Å². The summed E-state index contributed by atoms with van der Waals surface area (Å²) in [6.45, 7) is 0.577. The molecule has 0 saturated heterocycles. The van der Waals surface area contributed by atoms with Crippen molar-refractivity contribution >= 4 is 29.0 Å². The van der Waals surface area contributed by atoms with Gasteiger partial charge in [0.25, 0.3) is 5.91 Å². The van der Waals surface area contributed by atoms with Crippen LogP contribution in [0.4, 0.5) is 15.9 Å². The van der Waals surface area contributed by atoms with Crippen LogP contribution in [0, 0.1) is 5.82 Å². The molecule has 6 heteroatoms. The van der Waals surface area contributed by atoms with Gasteiger partial charge in [0.15, 0.2) is 0 Å². The number of carbonyl (C=O) groups excluding carboxylic acids is 1. The molecule has 26 heavy (non-hydrogen) atoms. The van der Waals surface area contributed by atoms with Crippen LogP contribution in [0.15, 0.2) is 66.9 Å². The van der Waals surface area contributed by atoms with Crippen LogP contribution < -0.4 is 10.6 Å². The van der Waals surface area contributed by atoms with Crippen LogP contribution in [-0.2, 0) is 6.42 Å². The fourth-order valence-electron chi connectivity index (χ4n) is 2.44. The molecular weight excluding hydrogens is 353 g/mol. The number of benzene rings is 2. The first-order valence-corrected chi connectivity index (χ1v) is 8.50. The molecule has 0 bridgehead atoms. The molecular formula is C20H17ClFN3O. The lowest BCUT2D eigenvalue weighted by Gasteiger charge is -2.09. The number of hydrogen-bond acceptors (Lipinski definition) is 3. The van der Waals surface area contributed by atoms with Crippen molar-refractivity contribution in [3.05, 3.63) is 88.8 Å². The van der Waals surface area contributed by atoms with E-state index < -0.39 is 0 Å². The number of carbonyl (C=O) groups is 1. The zero-order valence-electron chi connectivity index (χ0n) is 13.9. The summed E-state index contributed by atoms with van der Waals surface area (Å²) in [4.78, 5) is 16.4. The van der Waals surface area contributed by atoms with Crippen LogP contribution in [0.1, 0.15) is 15.9 Å². The van der Waals surface area contributed by atoms with Gasteiger partial charge in [0.1, 0.15) is 11.6 Å². The Labute approximate surface area is 156 Å². The van der Waals surface area contributed by atoms with Crippen LogP contribution in [0.2, 0.25) is 5.02 Å². The Balaban J connectivity index is 1.54. The molecule has 132 valence electrons. The predicted octanol–water partition coefficient (Wildman–Crippen LogP) is 4.78. The molecule has 2 aromatic carbocycles. The molecule has 3 aromatic rings. The van der Waals surface area contributed by atoms with E-state index in [1.54, 1.807) is 54.7 Å². The summed E-state index contributed by atoms with van der Waals surface area (Å²) in [5.41, 5.74) is 1.84. The quantitative estimate of drug-likeness (QED) is 0.657. The van der Waals surface area contributed by atoms with E-state index in [0.717, 1.165) is 5.69 Å². The van der Waals surface area contributed by atoms with Crippen LogP contribution in [0.3, 0.4) is 0 Å². The largest absolute Gasteiger partial charge is 0.383 e. The molecule has 0 saturated carbocycles. The Bertz CT molecular complexity index is 900. The van der Waals surface area contributed by atoms with E-state index in [4.69, 9.17) is 11.6 Å². The molecule has 0 fully saturated rings. The summed E-state index contributed by atoms with van der Waals surface area (Å²) >= 11 is 6.01. The van der Waals surface area contributed by atoms with Gasteiger partial charge in [0.05, 0.1) is 22.5 Å². The maximum atomic E-state index is 13.6. The lowest BCUT2D eigenvalue weighted by Crippen LogP contribution is -2.13. The topological polar surface area (TPSA) is 54.0 Å². The molecule has 0 atom stereocenters. The first-order valence-electron chi connectivity index (χ1n) is 8.13. The van der Waals surface area contributed by atoms with Crippen molar-refractivity contribution in [2.24, 2.45) is 0 Å². The highest BCUT2D eigenvalue weighted by atomic mass is 35.5. The third kappa shape index (κ3) is 4.58. The average Bonchev–Trinajstić information content (AvgIpc) is 2.65. The number of nitrogens with one attached hydrogen (secondary N) is 2. The number of anilines is 2. The number of amides is 1. The van der Waals surface area contributed by atoms with Crippen molar-refractivity contribution in [2.45, 2.75) is 6.42 Å². The first-order chi connectivity index (χ1) is 12.6. The van der Waals surface area contributed by atoms with Crippen molar-refractivity contribution in [2.75, 3.05) is 17.2 Å². The van der Waals surface area contributed by atoms with Crippen molar-refractivity contribution in [1.29, 1.82) is 0 Å². The van der Waals surface area contributed by atoms with E-state index in [0.29, 0.717) is 34.9 Å². The molecule has 0 aliphatic rings. The fraction of sp³-hybridized carbons (Fsp3) is 0.100. The Morgan fingerprint density at radius 1 is 1.04 bits per heavy atom. The number of rotatable bonds is 6. The van der Waals surface area contributed by atoms with Gasteiger partial charge in [0.2, 0.25) is 0 Å². The van der Waals surface area contributed by atoms with Gasteiger partial charge in [-0.25, -0.2) is 9.37 Å². The van der Waals surface area contributed by atoms with Crippen LogP contribution in [-0.4, -0.2) is 17.4 Å². The molecule has 0 radical (unpaired) electrons. The van der Waals surface area contributed by atoms with Gasteiger partial charge >= 0.3 is 0 Å². The maximum absolute atomic E-state index is 13.6. The first kappa shape index (κ1) is 17.9. The minimum absolute atomic E-state index is 0.204. The fourth-order valence-corrected chi connectivity index (χ4v) is 2.67. The van der Waals surface area contributed by atoms with Crippen LogP contribution in [0.25, 0.3) is 0 Å². The molecule has 0 spiro atoms. The number of aromatic nitrogens is 1. The van der Waals surface area contributed by atoms with E-state index in [-0.39, 0.29) is 11.7 Å². The van der Waals surface area contributed by atoms with Crippen molar-refractivity contribution in [1.82, 2.24) is 4.98 Å². The second-order valence-electron chi connectivity index (χ2n) is 5.63. The van der Waals surface area contributed by atoms with Gasteiger partial charge in [-0.05, 0) is 42.3 Å². The average molecular weight is 370 g/mol. The van der Waals surface area contributed by atoms with Gasteiger partial charge in [-0.3, -0.25) is 4.79 Å². The van der Waals surface area contributed by atoms with Gasteiger partial charge in [-0.15, -0.1) is 0 Å². The minimum Gasteiger partial charge on any atom is -0.383 e. The zero-order valence-corrected chi connectivity index (χ0v) is 14.6. The second-order valence-corrected chi connectivity index (χ2v) is 6.04. The molecule has 2 N–H and O–H groups in total. The van der Waals surface area contributed by atoms with Crippen molar-refractivity contribution in [3.8, 4) is 0 Å². The lowest BCUT2D eigenvalue weighted by atomic mass is 10.1. The highest BCUT2D eigenvalue weighted by molar-refractivity contribution is 6.34. The van der Waals surface area contributed by atoms with E-state index in [1.807, 2.05) is 6.07 Å². The molecule has 3 rings (SSSR count). The summed E-state index contributed by atoms with van der Waals surface area (Å²) in [5, 5.41) is 6.27. The lowest BCUT2D eigenvalue weighted by molar-refractivity contribution is 0.102. The number of hydrogen-bond donors (Lipinski definition) is 2. The van der Waals surface area contributed by atoms with E-state index in [9.17, 15) is 9.18 Å². The Kier molecular flexibility index (Phi) is 5.81. The summed E-state index contributed by atoms with van der Waals surface area (Å²) in [6.07, 6.45) is 2.18. The van der Waals surface area contributed by atoms with Gasteiger partial charge < -0.3 is 10.6 Å². The molecule has 1 amide bonds. The normalized spacial score (nSPS) is 10.4. The smallest absolute Gasteiger partial charge is 0.258 e. The third-order valence-corrected chi connectivity index (χ3v) is 4.13. The van der Waals surface area contributed by atoms with Gasteiger partial charge in [-0.1, -0.05) is 41.9 Å². The molecule has 1 aromatic heterocycles. The van der Waals surface area contributed by atoms with Gasteiger partial charge in [0, 0.05) is 6.54 Å². The molecule has 0 unspecified atom stereocenters. The Hall–Kier alpha value is -2.92. The van der Waals surface area contributed by atoms with Crippen LogP contribution >= 0.6 is 11.6 Å². The number of pyridine rings is 1. The molecule has 4 nitrogen and oxygen atoms in total. The standard InChI is InChI=1S/C20H17ClFN3O/c21-17-7-3-2-6-16(17)20(26)25-19-10-9-15(13-24-19)23-12-11-14-5-1-4-8-18(14)22/h1-10,13,23H,11-12H2,(H,24,25,26). The minimum atomic E-state index is -0.316. The SMILES string of the molecule is O=C(Nc1ccc(NCCc2ccccc2F)cn1)c1ccccc1Cl. The van der Waals surface area contributed by atoms with E-state index >= 15 is 0 Å². The van der Waals surface area contributed by atoms with Crippen LogP contribution in [0.5, 0.6) is 0 Å². The van der Waals surface area contributed by atoms with E-state index in [1.165, 1.54) is 6.07 Å². The molecule has 1 heterocycles. The monoisotopic (exact) mass is 369 g/mol. The highest BCUT2D eigenvalue weighted by Crippen LogP contribution is 2.17. The number of nitrogens with zero attached hydrogens (tertiary/aromatic N) is 1. The van der Waals surface area contributed by atoms with Gasteiger partial charge in [-0.2, -0.15) is 0 Å². The highest BCUT2D eigenvalue weighted by Gasteiger charge is 2.10. The maximum Gasteiger partial charge on any atom is 0.258 e. The summed E-state index contributed by atoms with van der Waals surface area (Å²) in [5.74, 6) is -0.0945. The van der Waals surface area contributed by atoms with Crippen molar-refractivity contribution in [3.63, 3.8) is 0 Å². The summed E-state index contributed by atoms with van der Waals surface area (Å²) < 4.78 is 13.6. The van der Waals surface area contributed by atoms with Crippen molar-refractivity contribution < 1.29 is 9.18 Å². The Morgan fingerprint density at radius 3 is 2.54 bits per heavy atom. The molecule has 0 aliphatic carbocycles. The summed E-state index contributed by atoms with van der Waals surface area (Å²) in [6, 6.07) is 17.0. The third-order valence-electron chi connectivity index (χ3n) is 3.80. The Morgan fingerprint density at radius 2 is 1.81 bits per heavy atom. The second kappa shape index (κ2) is 8.45. The predicted molar refractivity (Wildman–Crippen MR) is 102 cm³/mol. The number of halogens is 2. The molecule has 0 aliphatic heterocycles.